The van der Waals surface area contributed by atoms with Crippen LogP contribution in [0.15, 0.2) is 28.0 Å². The van der Waals surface area contributed by atoms with E-state index >= 15 is 0 Å². The maximum Gasteiger partial charge on any atom is 0.243 e. The number of nitrogens with two attached hydrogens (primary N) is 1. The normalized spacial score (nSPS) is 11.4. The third kappa shape index (κ3) is 4.89. The molecular weight excluding hydrogens is 433 g/mol. The van der Waals surface area contributed by atoms with Gasteiger partial charge in [0.15, 0.2) is 17.5 Å². The van der Waals surface area contributed by atoms with Gasteiger partial charge in [0.25, 0.3) is 0 Å². The quantitative estimate of drug-likeness (QED) is 0.396. The molecule has 160 valence electrons. The molecule has 0 aromatic heterocycles. The number of hydrogen-bond donors (Lipinski definition) is 3. The van der Waals surface area contributed by atoms with Crippen molar-refractivity contribution in [2.45, 2.75) is 16.3 Å². The van der Waals surface area contributed by atoms with E-state index < -0.39 is 49.6 Å². The summed E-state index contributed by atoms with van der Waals surface area (Å²) in [7, 11) is -2.05. The van der Waals surface area contributed by atoms with Crippen LogP contribution in [0.4, 0.5) is 18.9 Å². The van der Waals surface area contributed by atoms with Gasteiger partial charge in [0.2, 0.25) is 10.0 Å². The Balaban J connectivity index is 2.61. The van der Waals surface area contributed by atoms with Crippen molar-refractivity contribution in [3.8, 4) is 11.5 Å². The molecule has 12 heteroatoms. The summed E-state index contributed by atoms with van der Waals surface area (Å²) in [6.45, 7) is -0.676. The Morgan fingerprint density at radius 3 is 2.17 bits per heavy atom. The number of hydrogen-bond acceptors (Lipinski definition) is 7. The van der Waals surface area contributed by atoms with Crippen molar-refractivity contribution in [3.63, 3.8) is 0 Å². The van der Waals surface area contributed by atoms with Crippen molar-refractivity contribution in [3.05, 3.63) is 41.2 Å². The largest absolute Gasteiger partial charge is 0.496 e. The van der Waals surface area contributed by atoms with Crippen LogP contribution in [0.2, 0.25) is 0 Å². The summed E-state index contributed by atoms with van der Waals surface area (Å²) in [5.41, 5.74) is -0.452. The van der Waals surface area contributed by atoms with Crippen LogP contribution in [0.5, 0.6) is 11.5 Å². The Kier molecular flexibility index (Phi) is 7.63. The first-order chi connectivity index (χ1) is 13.7. The topological polar surface area (TPSA) is 111 Å². The van der Waals surface area contributed by atoms with Gasteiger partial charge in [0, 0.05) is 12.3 Å². The highest BCUT2D eigenvalue weighted by Gasteiger charge is 2.31. The van der Waals surface area contributed by atoms with Gasteiger partial charge in [-0.25, -0.2) is 26.7 Å². The fourth-order valence-electron chi connectivity index (χ4n) is 2.60. The van der Waals surface area contributed by atoms with E-state index in [1.165, 1.54) is 14.2 Å². The van der Waals surface area contributed by atoms with Crippen LogP contribution in [-0.4, -0.2) is 40.1 Å². The van der Waals surface area contributed by atoms with Crippen molar-refractivity contribution >= 4 is 27.5 Å². The minimum absolute atomic E-state index is 0.137. The molecule has 0 heterocycles. The third-order valence-electron chi connectivity index (χ3n) is 3.83. The molecule has 0 amide bonds. The maximum absolute atomic E-state index is 14.9. The number of methoxy groups -OCH3 is 2. The number of benzene rings is 2. The predicted octanol–water partition coefficient (Wildman–Crippen LogP) is 2.47. The van der Waals surface area contributed by atoms with Gasteiger partial charge in [-0.15, -0.1) is 11.8 Å². The number of thioether (sulfide) groups is 1. The fourth-order valence-corrected chi connectivity index (χ4v) is 4.12. The smallest absolute Gasteiger partial charge is 0.243 e. The minimum Gasteiger partial charge on any atom is -0.496 e. The van der Waals surface area contributed by atoms with Crippen LogP contribution in [0.1, 0.15) is 5.56 Å². The van der Waals surface area contributed by atoms with Gasteiger partial charge in [-0.1, -0.05) is 6.07 Å². The maximum atomic E-state index is 14.9. The molecular formula is C17H19F3N2O5S2. The minimum atomic E-state index is -4.82. The van der Waals surface area contributed by atoms with E-state index in [1.54, 1.807) is 18.2 Å². The zero-order valence-electron chi connectivity index (χ0n) is 15.5. The molecule has 0 atom stereocenters. The van der Waals surface area contributed by atoms with Gasteiger partial charge in [-0.2, -0.15) is 0 Å². The van der Waals surface area contributed by atoms with Gasteiger partial charge in [0.1, 0.15) is 16.4 Å². The molecule has 2 aromatic rings. The van der Waals surface area contributed by atoms with Crippen molar-refractivity contribution in [2.24, 2.45) is 5.14 Å². The first-order valence-electron chi connectivity index (χ1n) is 8.08. The molecule has 0 saturated heterocycles. The van der Waals surface area contributed by atoms with Gasteiger partial charge in [-0.05, 0) is 12.1 Å². The van der Waals surface area contributed by atoms with Gasteiger partial charge in [-0.3, -0.25) is 0 Å². The number of rotatable bonds is 9. The zero-order valence-corrected chi connectivity index (χ0v) is 17.1. The van der Waals surface area contributed by atoms with Crippen LogP contribution in [0, 0.1) is 17.5 Å². The van der Waals surface area contributed by atoms with Crippen LogP contribution in [0.25, 0.3) is 0 Å². The van der Waals surface area contributed by atoms with Crippen LogP contribution < -0.4 is 19.9 Å². The lowest BCUT2D eigenvalue weighted by molar-refractivity contribution is 0.322. The molecule has 0 aliphatic heterocycles. The summed E-state index contributed by atoms with van der Waals surface area (Å²) in [5, 5.41) is 16.3. The summed E-state index contributed by atoms with van der Waals surface area (Å²) >= 11 is 0.493. The first-order valence-corrected chi connectivity index (χ1v) is 10.6. The fraction of sp³-hybridized carbons (Fsp3) is 0.294. The van der Waals surface area contributed by atoms with Gasteiger partial charge in [0.05, 0.1) is 37.0 Å². The summed E-state index contributed by atoms with van der Waals surface area (Å²) in [4.78, 5) is -2.12. The zero-order chi connectivity index (χ0) is 21.8. The molecule has 0 fully saturated rings. The molecule has 4 N–H and O–H groups in total. The summed E-state index contributed by atoms with van der Waals surface area (Å²) in [5.74, 6) is -4.32. The second kappa shape index (κ2) is 9.57. The molecule has 0 saturated carbocycles. The predicted molar refractivity (Wildman–Crippen MR) is 102 cm³/mol. The second-order valence-electron chi connectivity index (χ2n) is 5.59. The third-order valence-corrected chi connectivity index (χ3v) is 5.82. The monoisotopic (exact) mass is 452 g/mol. The number of anilines is 1. The molecule has 0 spiro atoms. The summed E-state index contributed by atoms with van der Waals surface area (Å²) in [6, 6.07) is 4.81. The number of ether oxygens (including phenoxy) is 2. The van der Waals surface area contributed by atoms with E-state index in [2.05, 4.69) is 5.32 Å². The Bertz CT molecular complexity index is 981. The Morgan fingerprint density at radius 1 is 1.10 bits per heavy atom. The SMILES string of the molecule is COc1cccc(OC)c1CNc1c(F)c(SCCO)c(F)c(F)c1S(N)(=O)=O. The second-order valence-corrected chi connectivity index (χ2v) is 8.19. The summed E-state index contributed by atoms with van der Waals surface area (Å²) in [6.07, 6.45) is 0. The number of halogens is 3. The van der Waals surface area contributed by atoms with Crippen LogP contribution >= 0.6 is 11.8 Å². The van der Waals surface area contributed by atoms with Crippen molar-refractivity contribution < 1.29 is 36.2 Å². The molecule has 0 unspecified atom stereocenters. The molecule has 29 heavy (non-hydrogen) atoms. The van der Waals surface area contributed by atoms with Crippen LogP contribution in [-0.2, 0) is 16.6 Å². The Morgan fingerprint density at radius 2 is 1.69 bits per heavy atom. The average Bonchev–Trinajstić information content (AvgIpc) is 2.68. The number of nitrogens with one attached hydrogen (secondary N) is 1. The number of sulfonamides is 1. The van der Waals surface area contributed by atoms with Gasteiger partial charge < -0.3 is 19.9 Å². The van der Waals surface area contributed by atoms with E-state index in [4.69, 9.17) is 19.7 Å². The van der Waals surface area contributed by atoms with E-state index in [0.29, 0.717) is 28.8 Å². The molecule has 0 bridgehead atoms. The highest BCUT2D eigenvalue weighted by molar-refractivity contribution is 7.99. The van der Waals surface area contributed by atoms with E-state index in [-0.39, 0.29) is 12.3 Å². The molecule has 0 aliphatic rings. The lowest BCUT2D eigenvalue weighted by Gasteiger charge is -2.18. The average molecular weight is 452 g/mol. The standard InChI is InChI=1S/C17H19F3N2O5S2/c1-26-10-4-3-5-11(27-2)9(10)8-22-15-14(20)16(28-7-6-23)12(18)13(19)17(15)29(21,24)25/h3-5,22-23H,6-8H2,1-2H3,(H2,21,24,25). The molecule has 2 aromatic carbocycles. The molecule has 0 radical (unpaired) electrons. The number of primary sulfonamides is 1. The van der Waals surface area contributed by atoms with Crippen molar-refractivity contribution in [2.75, 3.05) is 31.9 Å². The summed E-state index contributed by atoms with van der Waals surface area (Å²) < 4.78 is 77.7. The number of aliphatic hydroxyl groups is 1. The molecule has 7 nitrogen and oxygen atoms in total. The van der Waals surface area contributed by atoms with Gasteiger partial charge >= 0.3 is 0 Å². The highest BCUT2D eigenvalue weighted by Crippen LogP contribution is 2.38. The Hall–Kier alpha value is -2.15. The molecule has 2 rings (SSSR count). The number of aliphatic hydroxyl groups excluding tert-OH is 1. The molecule has 0 aliphatic carbocycles. The van der Waals surface area contributed by atoms with Crippen molar-refractivity contribution in [1.82, 2.24) is 0 Å². The lowest BCUT2D eigenvalue weighted by Crippen LogP contribution is -2.20. The Labute approximate surface area is 170 Å². The lowest BCUT2D eigenvalue weighted by atomic mass is 10.1. The van der Waals surface area contributed by atoms with Crippen LogP contribution in [0.3, 0.4) is 0 Å². The first kappa shape index (κ1) is 23.1. The van der Waals surface area contributed by atoms with E-state index in [1.807, 2.05) is 0 Å². The van der Waals surface area contributed by atoms with Crippen molar-refractivity contribution in [1.29, 1.82) is 0 Å². The highest BCUT2D eigenvalue weighted by atomic mass is 32.2. The van der Waals surface area contributed by atoms with E-state index in [9.17, 15) is 21.6 Å². The van der Waals surface area contributed by atoms with E-state index in [0.717, 1.165) is 0 Å².